The van der Waals surface area contributed by atoms with Gasteiger partial charge in [-0.25, -0.2) is 0 Å². The van der Waals surface area contributed by atoms with E-state index < -0.39 is 31.3 Å². The zero-order chi connectivity index (χ0) is 16.0. The molecule has 0 aromatic heterocycles. The first-order valence-electron chi connectivity index (χ1n) is 8.41. The Kier molecular flexibility index (Phi) is 3.94. The van der Waals surface area contributed by atoms with Gasteiger partial charge in [0.2, 0.25) is 0 Å². The monoisotopic (exact) mass is 392 g/mol. The van der Waals surface area contributed by atoms with Gasteiger partial charge in [0.25, 0.3) is 0 Å². The minimum absolute atomic E-state index is 0.653. The van der Waals surface area contributed by atoms with E-state index in [2.05, 4.69) is 74.3 Å². The van der Waals surface area contributed by atoms with Crippen LogP contribution in [0.5, 0.6) is 0 Å². The molecule has 0 aliphatic heterocycles. The Balaban J connectivity index is 1.64. The predicted molar refractivity (Wildman–Crippen MR) is 98.4 cm³/mol. The molecule has 0 spiro atoms. The van der Waals surface area contributed by atoms with Crippen molar-refractivity contribution < 1.29 is 23.2 Å². The first-order valence-corrected chi connectivity index (χ1v) is 14.4. The SMILES string of the molecule is C[Si](C)(C)C1=CC[C]([Zr][c]2cccc3c2Cc2ccccc2-3)=C1. The Morgan fingerprint density at radius 3 is 2.48 bits per heavy atom. The van der Waals surface area contributed by atoms with Gasteiger partial charge in [-0.15, -0.1) is 0 Å². The van der Waals surface area contributed by atoms with Gasteiger partial charge in [0, 0.05) is 0 Å². The average molecular weight is 394 g/mol. The minimum atomic E-state index is -1.14. The van der Waals surface area contributed by atoms with Crippen molar-refractivity contribution in [1.82, 2.24) is 0 Å². The fraction of sp³-hybridized carbons (Fsp3) is 0.238. The number of hydrogen-bond donors (Lipinski definition) is 0. The van der Waals surface area contributed by atoms with Crippen molar-refractivity contribution in [2.24, 2.45) is 0 Å². The van der Waals surface area contributed by atoms with Crippen molar-refractivity contribution in [3.05, 3.63) is 74.2 Å². The van der Waals surface area contributed by atoms with E-state index in [0.29, 0.717) is 0 Å². The van der Waals surface area contributed by atoms with Crippen molar-refractivity contribution in [2.75, 3.05) is 0 Å². The molecule has 0 heterocycles. The maximum atomic E-state index is 2.57. The summed E-state index contributed by atoms with van der Waals surface area (Å²) < 4.78 is 3.45. The van der Waals surface area contributed by atoms with Crippen LogP contribution in [0.25, 0.3) is 11.1 Å². The average Bonchev–Trinajstić information content (AvgIpc) is 3.12. The molecule has 2 aromatic carbocycles. The van der Waals surface area contributed by atoms with Gasteiger partial charge in [-0.05, 0) is 0 Å². The summed E-state index contributed by atoms with van der Waals surface area (Å²) in [7, 11) is -1.14. The molecule has 114 valence electrons. The fourth-order valence-corrected chi connectivity index (χ4v) is 8.53. The zero-order valence-electron chi connectivity index (χ0n) is 14.1. The molecule has 0 saturated heterocycles. The van der Waals surface area contributed by atoms with E-state index in [1.54, 1.807) is 17.3 Å². The van der Waals surface area contributed by atoms with Crippen molar-refractivity contribution in [3.63, 3.8) is 0 Å². The zero-order valence-corrected chi connectivity index (χ0v) is 17.6. The van der Waals surface area contributed by atoms with Gasteiger partial charge in [0.05, 0.1) is 0 Å². The molecule has 0 radical (unpaired) electrons. The molecular formula is C21H22SiZr. The van der Waals surface area contributed by atoms with Crippen LogP contribution >= 0.6 is 0 Å². The van der Waals surface area contributed by atoms with Crippen LogP contribution in [-0.4, -0.2) is 8.07 Å². The molecule has 2 aliphatic rings. The molecule has 2 aromatic rings. The van der Waals surface area contributed by atoms with Crippen molar-refractivity contribution in [3.8, 4) is 11.1 Å². The molecule has 0 fully saturated rings. The van der Waals surface area contributed by atoms with E-state index in [9.17, 15) is 0 Å². The Morgan fingerprint density at radius 1 is 0.913 bits per heavy atom. The van der Waals surface area contributed by atoms with Gasteiger partial charge >= 0.3 is 152 Å². The topological polar surface area (TPSA) is 0 Å². The van der Waals surface area contributed by atoms with Gasteiger partial charge in [-0.3, -0.25) is 0 Å². The Morgan fingerprint density at radius 2 is 1.70 bits per heavy atom. The normalized spacial score (nSPS) is 15.8. The molecule has 0 unspecified atom stereocenters. The molecule has 2 aliphatic carbocycles. The number of benzene rings is 2. The van der Waals surface area contributed by atoms with Crippen LogP contribution in [0.4, 0.5) is 0 Å². The van der Waals surface area contributed by atoms with Crippen LogP contribution in [0, 0.1) is 0 Å². The van der Waals surface area contributed by atoms with Crippen LogP contribution in [-0.2, 0) is 29.7 Å². The van der Waals surface area contributed by atoms with Crippen molar-refractivity contribution in [1.29, 1.82) is 0 Å². The molecule has 0 nitrogen and oxygen atoms in total. The molecule has 0 atom stereocenters. The number of hydrogen-bond acceptors (Lipinski definition) is 0. The number of allylic oxidation sites excluding steroid dienone is 4. The summed E-state index contributed by atoms with van der Waals surface area (Å²) in [6.07, 6.45) is 7.45. The van der Waals surface area contributed by atoms with Crippen LogP contribution < -0.4 is 3.27 Å². The second-order valence-corrected chi connectivity index (χ2v) is 16.2. The van der Waals surface area contributed by atoms with E-state index in [4.69, 9.17) is 0 Å². The van der Waals surface area contributed by atoms with Crippen LogP contribution in [0.1, 0.15) is 17.5 Å². The second-order valence-electron chi connectivity index (χ2n) is 7.57. The molecule has 2 heteroatoms. The molecule has 0 bridgehead atoms. The molecule has 0 saturated carbocycles. The van der Waals surface area contributed by atoms with Gasteiger partial charge in [0.15, 0.2) is 0 Å². The van der Waals surface area contributed by atoms with Crippen LogP contribution in [0.2, 0.25) is 19.6 Å². The molecule has 23 heavy (non-hydrogen) atoms. The summed E-state index contributed by atoms with van der Waals surface area (Å²) in [4.78, 5) is 0. The van der Waals surface area contributed by atoms with E-state index in [1.807, 2.05) is 0 Å². The summed E-state index contributed by atoms with van der Waals surface area (Å²) in [5, 5.41) is 1.67. The molecular weight excluding hydrogens is 372 g/mol. The Labute approximate surface area is 151 Å². The molecule has 0 N–H and O–H groups in total. The quantitative estimate of drug-likeness (QED) is 0.546. The molecule has 4 rings (SSSR count). The van der Waals surface area contributed by atoms with Crippen LogP contribution in [0.3, 0.4) is 0 Å². The first-order chi connectivity index (χ1) is 11.0. The van der Waals surface area contributed by atoms with Gasteiger partial charge in [0.1, 0.15) is 0 Å². The Bertz CT molecular complexity index is 837. The van der Waals surface area contributed by atoms with E-state index in [1.165, 1.54) is 23.1 Å². The third-order valence-electron chi connectivity index (χ3n) is 4.88. The summed E-state index contributed by atoms with van der Waals surface area (Å²) in [5.41, 5.74) is 6.10. The summed E-state index contributed by atoms with van der Waals surface area (Å²) >= 11 is -0.653. The molecule has 0 amide bonds. The fourth-order valence-electron chi connectivity index (χ4n) is 3.58. The van der Waals surface area contributed by atoms with Gasteiger partial charge in [-0.2, -0.15) is 0 Å². The first kappa shape index (κ1) is 15.5. The third kappa shape index (κ3) is 2.92. The van der Waals surface area contributed by atoms with Gasteiger partial charge < -0.3 is 0 Å². The second kappa shape index (κ2) is 5.83. The number of rotatable bonds is 3. The van der Waals surface area contributed by atoms with Crippen molar-refractivity contribution in [2.45, 2.75) is 32.5 Å². The van der Waals surface area contributed by atoms with E-state index in [0.717, 1.165) is 6.42 Å². The standard InChI is InChI=1S/C13H9.C8H13Si.Zr/c1-3-7-12-10(5-1)9-11-6-2-4-8-13(11)12;1-9(2,3)8-6-4-5-7-8;/h1-5,7-8H,9H2;6-7H,4H2,1-3H3;. The van der Waals surface area contributed by atoms with Gasteiger partial charge in [-0.1, -0.05) is 0 Å². The summed E-state index contributed by atoms with van der Waals surface area (Å²) in [6, 6.07) is 15.9. The van der Waals surface area contributed by atoms with E-state index in [-0.39, 0.29) is 0 Å². The van der Waals surface area contributed by atoms with E-state index >= 15 is 0 Å². The maximum absolute atomic E-state index is 2.57. The summed E-state index contributed by atoms with van der Waals surface area (Å²) in [5.74, 6) is 0. The number of fused-ring (bicyclic) bond motifs is 3. The third-order valence-corrected chi connectivity index (χ3v) is 10.4. The Hall–Kier alpha value is -0.980. The summed E-state index contributed by atoms with van der Waals surface area (Å²) in [6.45, 7) is 7.38. The van der Waals surface area contributed by atoms with Crippen LogP contribution in [0.15, 0.2) is 63.1 Å². The predicted octanol–water partition coefficient (Wildman–Crippen LogP) is 5.06. The van der Waals surface area contributed by atoms with Crippen molar-refractivity contribution >= 4 is 11.3 Å².